The molecule has 0 aromatic carbocycles. The van der Waals surface area contributed by atoms with E-state index < -0.39 is 0 Å². The Morgan fingerprint density at radius 2 is 1.25 bits per heavy atom. The van der Waals surface area contributed by atoms with Gasteiger partial charge in [0.15, 0.2) is 0 Å². The molecular formula is C22H22ClN3OPd. The van der Waals surface area contributed by atoms with Crippen molar-refractivity contribution in [1.29, 1.82) is 0 Å². The molecule has 6 heteroatoms. The first-order valence-electron chi connectivity index (χ1n) is 8.29. The molecule has 0 spiro atoms. The molecule has 0 radical (unpaired) electrons. The van der Waals surface area contributed by atoms with Gasteiger partial charge in [0.05, 0.1) is 22.8 Å². The van der Waals surface area contributed by atoms with E-state index in [1.165, 1.54) is 6.92 Å². The van der Waals surface area contributed by atoms with Crippen LogP contribution in [0.1, 0.15) is 20.8 Å². The van der Waals surface area contributed by atoms with Crippen LogP contribution < -0.4 is 12.4 Å². The predicted molar refractivity (Wildman–Crippen MR) is 105 cm³/mol. The molecule has 3 heterocycles. The van der Waals surface area contributed by atoms with Crippen molar-refractivity contribution in [3.05, 3.63) is 85.1 Å². The zero-order valence-electron chi connectivity index (χ0n) is 16.0. The molecule has 0 saturated carbocycles. The average molecular weight is 486 g/mol. The zero-order chi connectivity index (χ0) is 18.9. The maximum absolute atomic E-state index is 10.5. The van der Waals surface area contributed by atoms with Crippen molar-refractivity contribution < 1.29 is 37.6 Å². The second-order valence-electron chi connectivity index (χ2n) is 5.87. The molecule has 0 atom stereocenters. The third-order valence-corrected chi connectivity index (χ3v) is 3.63. The molecule has 0 aliphatic rings. The number of carbonyl (C=O) groups is 1. The van der Waals surface area contributed by atoms with Gasteiger partial charge in [-0.3, -0.25) is 9.97 Å². The van der Waals surface area contributed by atoms with Crippen LogP contribution in [0, 0.1) is 5.92 Å². The summed E-state index contributed by atoms with van der Waals surface area (Å²) in [6.45, 7) is 8.85. The summed E-state index contributed by atoms with van der Waals surface area (Å²) in [5.74, 6) is 1.06. The molecule has 3 aromatic heterocycles. The van der Waals surface area contributed by atoms with Crippen LogP contribution in [0.25, 0.3) is 22.8 Å². The van der Waals surface area contributed by atoms with Gasteiger partial charge in [-0.05, 0) is 43.3 Å². The summed E-state index contributed by atoms with van der Waals surface area (Å²) in [6.07, 6.45) is 3.54. The molecule has 0 amide bonds. The maximum Gasteiger partial charge on any atom is 2.00 e. The van der Waals surface area contributed by atoms with Crippen molar-refractivity contribution >= 4 is 5.78 Å². The van der Waals surface area contributed by atoms with Gasteiger partial charge in [-0.25, -0.2) is 4.98 Å². The van der Waals surface area contributed by atoms with E-state index in [-0.39, 0.29) is 38.6 Å². The Hall–Kier alpha value is -2.32. The molecule has 3 rings (SSSR count). The Morgan fingerprint density at radius 3 is 1.54 bits per heavy atom. The Kier molecular flexibility index (Phi) is 11.9. The number of allylic oxidation sites excluding steroid dienone is 1. The second kappa shape index (κ2) is 13.0. The Balaban J connectivity index is 0.000000634. The molecule has 0 saturated heterocycles. The van der Waals surface area contributed by atoms with E-state index in [2.05, 4.69) is 21.5 Å². The minimum absolute atomic E-state index is 0. The van der Waals surface area contributed by atoms with Crippen molar-refractivity contribution in [2.75, 3.05) is 0 Å². The number of ketones is 1. The molecule has 0 aliphatic heterocycles. The topological polar surface area (TPSA) is 55.7 Å². The molecule has 28 heavy (non-hydrogen) atoms. The summed E-state index contributed by atoms with van der Waals surface area (Å²) in [7, 11) is 0. The first-order chi connectivity index (χ1) is 12.5. The third-order valence-electron chi connectivity index (χ3n) is 3.63. The minimum atomic E-state index is 0. The zero-order valence-corrected chi connectivity index (χ0v) is 18.3. The molecule has 148 valence electrons. The van der Waals surface area contributed by atoms with Crippen LogP contribution in [0.5, 0.6) is 0 Å². The largest absolute Gasteiger partial charge is 2.00 e. The van der Waals surface area contributed by atoms with Crippen LogP contribution in [0.2, 0.25) is 0 Å². The summed E-state index contributed by atoms with van der Waals surface area (Å²) in [6, 6.07) is 17.5. The van der Waals surface area contributed by atoms with Gasteiger partial charge in [0.25, 0.3) is 0 Å². The third kappa shape index (κ3) is 7.74. The molecular weight excluding hydrogens is 464 g/mol. The average Bonchev–Trinajstić information content (AvgIpc) is 2.69. The number of nitrogens with zero attached hydrogens (tertiary/aromatic N) is 3. The van der Waals surface area contributed by atoms with Gasteiger partial charge in [-0.1, -0.05) is 32.0 Å². The maximum atomic E-state index is 10.5. The molecule has 0 unspecified atom stereocenters. The van der Waals surface area contributed by atoms with Crippen LogP contribution in [0.3, 0.4) is 0 Å². The predicted octanol–water partition coefficient (Wildman–Crippen LogP) is 1.95. The summed E-state index contributed by atoms with van der Waals surface area (Å²) >= 11 is 0. The van der Waals surface area contributed by atoms with Gasteiger partial charge in [0.2, 0.25) is 0 Å². The second-order valence-corrected chi connectivity index (χ2v) is 5.87. The van der Waals surface area contributed by atoms with Crippen LogP contribution in [0.4, 0.5) is 0 Å². The number of hydrogen-bond donors (Lipinski definition) is 0. The normalized spacial score (nSPS) is 8.96. The van der Waals surface area contributed by atoms with Crippen molar-refractivity contribution in [2.24, 2.45) is 0 Å². The van der Waals surface area contributed by atoms with E-state index in [1.54, 1.807) is 12.4 Å². The number of halogens is 1. The molecule has 4 nitrogen and oxygen atoms in total. The Morgan fingerprint density at radius 1 is 0.821 bits per heavy atom. The van der Waals surface area contributed by atoms with Gasteiger partial charge in [0, 0.05) is 18.2 Å². The van der Waals surface area contributed by atoms with Crippen LogP contribution in [0.15, 0.2) is 79.1 Å². The van der Waals surface area contributed by atoms with Gasteiger partial charge >= 0.3 is 20.4 Å². The summed E-state index contributed by atoms with van der Waals surface area (Å²) in [5, 5.41) is 0. The molecule has 0 aliphatic carbocycles. The first-order valence-corrected chi connectivity index (χ1v) is 8.29. The van der Waals surface area contributed by atoms with Crippen molar-refractivity contribution in [2.45, 2.75) is 20.8 Å². The first kappa shape index (κ1) is 25.7. The van der Waals surface area contributed by atoms with Crippen LogP contribution in [-0.4, -0.2) is 20.7 Å². The molecule has 3 aromatic rings. The molecule has 0 bridgehead atoms. The smallest absolute Gasteiger partial charge is 1.00 e. The number of Topliss-reactive ketones (excluding diaryl/α,β-unsaturated/α-hetero) is 1. The van der Waals surface area contributed by atoms with Crippen molar-refractivity contribution in [3.63, 3.8) is 0 Å². The number of rotatable bonds is 4. The van der Waals surface area contributed by atoms with E-state index in [0.717, 1.165) is 28.7 Å². The number of aromatic nitrogens is 3. The fourth-order valence-corrected chi connectivity index (χ4v) is 2.10. The Labute approximate surface area is 186 Å². The summed E-state index contributed by atoms with van der Waals surface area (Å²) in [5.41, 5.74) is 4.09. The van der Waals surface area contributed by atoms with Gasteiger partial charge in [0.1, 0.15) is 0 Å². The quantitative estimate of drug-likeness (QED) is 0.322. The van der Waals surface area contributed by atoms with E-state index in [4.69, 9.17) is 0 Å². The Bertz CT molecular complexity index is 816. The summed E-state index contributed by atoms with van der Waals surface area (Å²) in [4.78, 5) is 23.7. The number of pyridine rings is 3. The molecule has 0 fully saturated rings. The van der Waals surface area contributed by atoms with Gasteiger partial charge < -0.3 is 17.2 Å². The van der Waals surface area contributed by atoms with Crippen molar-refractivity contribution in [3.8, 4) is 22.8 Å². The standard InChI is InChI=1S/C15H11N3.C7H11O.ClH.Pd/c1-3-10-16-12(6-1)14-8-5-9-15(18-14)13-7-2-4-11-17-13;1-5(2)6(3)7(4)8;;/h1-11H;3H2,1-2,4H3;1H;/q;-1;;+2/p-1. The SMILES string of the molecule is C=C(C(C)=O)[C-](C)C.[Cl-].[Pd+2].c1ccc(-c2cccc(-c3ccccn3)n2)nc1. The minimum Gasteiger partial charge on any atom is -1.00 e. The van der Waals surface area contributed by atoms with Crippen LogP contribution >= 0.6 is 0 Å². The van der Waals surface area contributed by atoms with E-state index in [9.17, 15) is 4.79 Å². The fraction of sp³-hybridized carbons (Fsp3) is 0.136. The fourth-order valence-electron chi connectivity index (χ4n) is 2.10. The summed E-state index contributed by atoms with van der Waals surface area (Å²) < 4.78 is 0. The van der Waals surface area contributed by atoms with E-state index in [1.807, 2.05) is 68.4 Å². The monoisotopic (exact) mass is 485 g/mol. The van der Waals surface area contributed by atoms with Gasteiger partial charge in [-0.2, -0.15) is 18.1 Å². The van der Waals surface area contributed by atoms with Crippen molar-refractivity contribution in [1.82, 2.24) is 15.0 Å². The van der Waals surface area contributed by atoms with Gasteiger partial charge in [-0.15, -0.1) is 0 Å². The number of carbonyl (C=O) groups excluding carboxylic acids is 1. The van der Waals surface area contributed by atoms with E-state index >= 15 is 0 Å². The molecule has 0 N–H and O–H groups in total. The van der Waals surface area contributed by atoms with Crippen LogP contribution in [-0.2, 0) is 25.2 Å². The van der Waals surface area contributed by atoms with E-state index in [0.29, 0.717) is 5.57 Å². The number of hydrogen-bond acceptors (Lipinski definition) is 4.